The highest BCUT2D eigenvalue weighted by Crippen LogP contribution is 2.44. The largest absolute Gasteiger partial charge is 0.398 e. The first kappa shape index (κ1) is 19.8. The van der Waals surface area contributed by atoms with E-state index in [1.165, 1.54) is 24.3 Å². The maximum absolute atomic E-state index is 12.1. The molecule has 0 unspecified atom stereocenters. The molecule has 0 heterocycles. The lowest BCUT2D eigenvalue weighted by Gasteiger charge is -2.18. The van der Waals surface area contributed by atoms with Gasteiger partial charge in [-0.15, -0.1) is 0 Å². The predicted octanol–water partition coefficient (Wildman–Crippen LogP) is 1.91. The van der Waals surface area contributed by atoms with Crippen molar-refractivity contribution in [3.8, 4) is 0 Å². The van der Waals surface area contributed by atoms with E-state index in [0.717, 1.165) is 12.1 Å². The lowest BCUT2D eigenvalue weighted by atomic mass is 9.93. The summed E-state index contributed by atoms with van der Waals surface area (Å²) < 4.78 is 101. The van der Waals surface area contributed by atoms with Gasteiger partial charge < -0.3 is 5.73 Å². The Balaban J connectivity index is 2.55. The Morgan fingerprint density at radius 3 is 1.69 bits per heavy atom. The van der Waals surface area contributed by atoms with Crippen molar-refractivity contribution in [3.05, 3.63) is 36.4 Å². The number of anilines is 1. The van der Waals surface area contributed by atoms with Gasteiger partial charge in [0.15, 0.2) is 0 Å². The molecule has 4 aromatic carbocycles. The summed E-state index contributed by atoms with van der Waals surface area (Å²) >= 11 is 0. The number of benzene rings is 4. The summed E-state index contributed by atoms with van der Waals surface area (Å²) in [5, 5.41) is 0.151. The van der Waals surface area contributed by atoms with Crippen molar-refractivity contribution in [1.82, 2.24) is 0 Å². The van der Waals surface area contributed by atoms with E-state index in [0.29, 0.717) is 5.39 Å². The highest BCUT2D eigenvalue weighted by Gasteiger charge is 2.32. The second-order valence-electron chi connectivity index (χ2n) is 6.34. The number of nitrogens with two attached hydrogens (primary N) is 1. The van der Waals surface area contributed by atoms with Gasteiger partial charge in [0.05, 0.1) is 0 Å². The summed E-state index contributed by atoms with van der Waals surface area (Å²) in [5.41, 5.74) is 6.21. The van der Waals surface area contributed by atoms with Crippen molar-refractivity contribution in [3.63, 3.8) is 0 Å². The molecule has 4 aromatic rings. The molecule has 152 valence electrons. The lowest BCUT2D eigenvalue weighted by molar-refractivity contribution is 0.467. The second kappa shape index (κ2) is 5.75. The summed E-state index contributed by atoms with van der Waals surface area (Å²) in [6, 6.07) is 7.49. The van der Waals surface area contributed by atoms with Crippen LogP contribution in [0, 0.1) is 0 Å². The fourth-order valence-corrected chi connectivity index (χ4v) is 6.39. The van der Waals surface area contributed by atoms with Crippen LogP contribution in [0.5, 0.6) is 0 Å². The molecule has 0 spiro atoms. The lowest BCUT2D eigenvalue weighted by Crippen LogP contribution is -2.12. The fraction of sp³-hybridized carbons (Fsp3) is 0. The van der Waals surface area contributed by atoms with Gasteiger partial charge in [0.1, 0.15) is 14.7 Å². The van der Waals surface area contributed by atoms with Crippen LogP contribution in [0.4, 0.5) is 5.69 Å². The molecular weight excluding hydrogens is 446 g/mol. The molecule has 0 atom stereocenters. The number of rotatable bonds is 3. The van der Waals surface area contributed by atoms with Crippen LogP contribution in [0.25, 0.3) is 32.3 Å². The van der Waals surface area contributed by atoms with E-state index in [9.17, 15) is 38.9 Å². The Labute approximate surface area is 164 Å². The molecule has 0 aromatic heterocycles. The first-order chi connectivity index (χ1) is 13.2. The maximum atomic E-state index is 12.1. The molecule has 0 aliphatic rings. The SMILES string of the molecule is Nc1ccc2cc(S(=O)(=O)O)c3c(S(=O)(=O)O)c(S(=O)(=O)O)cc4ccc1c2c43. The molecule has 0 radical (unpaired) electrons. The summed E-state index contributed by atoms with van der Waals surface area (Å²) in [6.45, 7) is 0. The zero-order chi connectivity index (χ0) is 21.5. The summed E-state index contributed by atoms with van der Waals surface area (Å²) in [6.07, 6.45) is 0. The Bertz CT molecular complexity index is 1670. The molecule has 0 saturated heterocycles. The van der Waals surface area contributed by atoms with Crippen LogP contribution < -0.4 is 5.73 Å². The summed E-state index contributed by atoms with van der Waals surface area (Å²) in [7, 11) is -15.7. The minimum Gasteiger partial charge on any atom is -0.398 e. The summed E-state index contributed by atoms with van der Waals surface area (Å²) in [5.74, 6) is 0. The van der Waals surface area contributed by atoms with Gasteiger partial charge in [0, 0.05) is 21.8 Å². The Morgan fingerprint density at radius 2 is 1.14 bits per heavy atom. The second-order valence-corrected chi connectivity index (χ2v) is 10.5. The molecule has 29 heavy (non-hydrogen) atoms. The molecule has 10 nitrogen and oxygen atoms in total. The third-order valence-corrected chi connectivity index (χ3v) is 7.44. The zero-order valence-corrected chi connectivity index (χ0v) is 16.5. The molecule has 13 heteroatoms. The Kier molecular flexibility index (Phi) is 3.91. The minimum absolute atomic E-state index is 0.0358. The minimum atomic E-state index is -5.38. The third kappa shape index (κ3) is 2.90. The molecule has 0 aliphatic heterocycles. The van der Waals surface area contributed by atoms with Crippen LogP contribution >= 0.6 is 0 Å². The smallest absolute Gasteiger partial charge is 0.296 e. The molecule has 5 N–H and O–H groups in total. The monoisotopic (exact) mass is 457 g/mol. The zero-order valence-electron chi connectivity index (χ0n) is 14.1. The first-order valence-electron chi connectivity index (χ1n) is 7.67. The maximum Gasteiger partial charge on any atom is 0.296 e. The molecule has 0 amide bonds. The number of hydrogen-bond acceptors (Lipinski definition) is 7. The van der Waals surface area contributed by atoms with E-state index in [1.807, 2.05) is 0 Å². The van der Waals surface area contributed by atoms with Crippen molar-refractivity contribution in [1.29, 1.82) is 0 Å². The van der Waals surface area contributed by atoms with Crippen LogP contribution in [0.3, 0.4) is 0 Å². The number of hydrogen-bond donors (Lipinski definition) is 4. The van der Waals surface area contributed by atoms with Crippen molar-refractivity contribution >= 4 is 68.4 Å². The number of nitrogen functional groups attached to an aromatic ring is 1. The highest BCUT2D eigenvalue weighted by molar-refractivity contribution is 7.89. The van der Waals surface area contributed by atoms with Gasteiger partial charge in [-0.3, -0.25) is 13.7 Å². The van der Waals surface area contributed by atoms with Crippen molar-refractivity contribution < 1.29 is 38.9 Å². The van der Waals surface area contributed by atoms with E-state index in [-0.39, 0.29) is 27.2 Å². The third-order valence-electron chi connectivity index (χ3n) is 4.61. The Hall–Kier alpha value is -2.55. The molecule has 0 bridgehead atoms. The van der Waals surface area contributed by atoms with Gasteiger partial charge in [-0.25, -0.2) is 0 Å². The molecule has 0 saturated carbocycles. The van der Waals surface area contributed by atoms with Gasteiger partial charge in [-0.1, -0.05) is 18.2 Å². The standard InChI is InChI=1S/C16H11NO9S3/c17-10-4-2-7-5-11(27(18,19)20)15-14-8(1-3-9(10)13(7)14)6-12(28(21,22)23)16(15)29(24,25)26/h1-6H,17H2,(H,18,19,20)(H,21,22,23)(H,24,25,26). The van der Waals surface area contributed by atoms with Gasteiger partial charge in [0.25, 0.3) is 30.4 Å². The van der Waals surface area contributed by atoms with Crippen LogP contribution in [0.1, 0.15) is 0 Å². The van der Waals surface area contributed by atoms with Crippen molar-refractivity contribution in [2.24, 2.45) is 0 Å². The summed E-state index contributed by atoms with van der Waals surface area (Å²) in [4.78, 5) is -3.55. The van der Waals surface area contributed by atoms with E-state index < -0.39 is 50.4 Å². The van der Waals surface area contributed by atoms with Crippen molar-refractivity contribution in [2.75, 3.05) is 5.73 Å². The van der Waals surface area contributed by atoms with Crippen molar-refractivity contribution in [2.45, 2.75) is 14.7 Å². The topological polar surface area (TPSA) is 189 Å². The van der Waals surface area contributed by atoms with E-state index >= 15 is 0 Å². The predicted molar refractivity (Wildman–Crippen MR) is 104 cm³/mol. The fourth-order valence-electron chi connectivity index (χ4n) is 3.56. The van der Waals surface area contributed by atoms with Crippen LogP contribution in [0.2, 0.25) is 0 Å². The quantitative estimate of drug-likeness (QED) is 0.201. The molecule has 0 fully saturated rings. The highest BCUT2D eigenvalue weighted by atomic mass is 32.2. The average Bonchev–Trinajstić information content (AvgIpc) is 2.57. The van der Waals surface area contributed by atoms with E-state index in [4.69, 9.17) is 5.73 Å². The van der Waals surface area contributed by atoms with Crippen LogP contribution in [-0.4, -0.2) is 38.9 Å². The van der Waals surface area contributed by atoms with Crippen LogP contribution in [0.15, 0.2) is 51.1 Å². The average molecular weight is 457 g/mol. The molecule has 4 rings (SSSR count). The first-order valence-corrected chi connectivity index (χ1v) is 12.0. The van der Waals surface area contributed by atoms with Crippen LogP contribution in [-0.2, 0) is 30.4 Å². The van der Waals surface area contributed by atoms with E-state index in [2.05, 4.69) is 0 Å². The van der Waals surface area contributed by atoms with Gasteiger partial charge in [0.2, 0.25) is 0 Å². The van der Waals surface area contributed by atoms with Gasteiger partial charge in [-0.2, -0.15) is 25.3 Å². The molecule has 0 aliphatic carbocycles. The van der Waals surface area contributed by atoms with E-state index in [1.54, 1.807) is 0 Å². The Morgan fingerprint density at radius 1 is 0.621 bits per heavy atom. The normalized spacial score (nSPS) is 13.6. The van der Waals surface area contributed by atoms with Gasteiger partial charge in [-0.05, 0) is 34.4 Å². The van der Waals surface area contributed by atoms with Gasteiger partial charge >= 0.3 is 0 Å². The molecular formula is C16H11NO9S3.